The van der Waals surface area contributed by atoms with Gasteiger partial charge in [0, 0.05) is 18.5 Å². The van der Waals surface area contributed by atoms with Crippen LogP contribution >= 0.6 is 35.3 Å². The number of guanidine groups is 1. The predicted octanol–water partition coefficient (Wildman–Crippen LogP) is 3.47. The van der Waals surface area contributed by atoms with Crippen molar-refractivity contribution >= 4 is 41.3 Å². The lowest BCUT2D eigenvalue weighted by atomic mass is 10.1. The minimum absolute atomic E-state index is 0. The van der Waals surface area contributed by atoms with E-state index in [0.29, 0.717) is 6.54 Å². The van der Waals surface area contributed by atoms with E-state index in [1.807, 2.05) is 18.5 Å². The summed E-state index contributed by atoms with van der Waals surface area (Å²) in [4.78, 5) is 5.95. The van der Waals surface area contributed by atoms with E-state index in [1.54, 1.807) is 11.3 Å². The predicted molar refractivity (Wildman–Crippen MR) is 116 cm³/mol. The van der Waals surface area contributed by atoms with Crippen LogP contribution in [0.25, 0.3) is 0 Å². The SMILES string of the molecule is Cc1nnc(CN=C(NCCCC(C)C)NCc2cccs2)n1C.I. The summed E-state index contributed by atoms with van der Waals surface area (Å²) in [5, 5.41) is 17.2. The summed E-state index contributed by atoms with van der Waals surface area (Å²) in [5.41, 5.74) is 0. The third-order valence-electron chi connectivity index (χ3n) is 3.82. The summed E-state index contributed by atoms with van der Waals surface area (Å²) >= 11 is 1.75. The van der Waals surface area contributed by atoms with E-state index in [0.717, 1.165) is 43.0 Å². The highest BCUT2D eigenvalue weighted by atomic mass is 127. The third kappa shape index (κ3) is 7.72. The molecule has 2 aromatic rings. The van der Waals surface area contributed by atoms with Crippen molar-refractivity contribution in [1.29, 1.82) is 0 Å². The Balaban J connectivity index is 0.00000312. The Kier molecular flexibility index (Phi) is 10.0. The van der Waals surface area contributed by atoms with Crippen molar-refractivity contribution in [3.63, 3.8) is 0 Å². The molecule has 0 saturated heterocycles. The minimum atomic E-state index is 0. The highest BCUT2D eigenvalue weighted by molar-refractivity contribution is 14.0. The quantitative estimate of drug-likeness (QED) is 0.265. The van der Waals surface area contributed by atoms with Gasteiger partial charge < -0.3 is 15.2 Å². The number of nitrogens with zero attached hydrogens (tertiary/aromatic N) is 4. The maximum absolute atomic E-state index is 4.66. The van der Waals surface area contributed by atoms with Crippen LogP contribution in [-0.2, 0) is 20.1 Å². The Labute approximate surface area is 171 Å². The molecule has 0 aromatic carbocycles. The van der Waals surface area contributed by atoms with Gasteiger partial charge in [-0.2, -0.15) is 0 Å². The summed E-state index contributed by atoms with van der Waals surface area (Å²) in [6, 6.07) is 4.19. The molecule has 2 heterocycles. The van der Waals surface area contributed by atoms with Crippen LogP contribution in [0.5, 0.6) is 0 Å². The van der Waals surface area contributed by atoms with Gasteiger partial charge in [0.1, 0.15) is 12.4 Å². The Hall–Kier alpha value is -1.16. The molecule has 6 nitrogen and oxygen atoms in total. The molecule has 0 amide bonds. The van der Waals surface area contributed by atoms with Crippen molar-refractivity contribution in [2.24, 2.45) is 18.0 Å². The Bertz CT molecular complexity index is 636. The fourth-order valence-electron chi connectivity index (χ4n) is 2.21. The molecule has 2 rings (SSSR count). The van der Waals surface area contributed by atoms with Crippen LogP contribution in [0.15, 0.2) is 22.5 Å². The van der Waals surface area contributed by atoms with E-state index in [4.69, 9.17) is 0 Å². The third-order valence-corrected chi connectivity index (χ3v) is 4.70. The van der Waals surface area contributed by atoms with Crippen LogP contribution in [0.2, 0.25) is 0 Å². The van der Waals surface area contributed by atoms with Crippen LogP contribution in [0.4, 0.5) is 0 Å². The molecule has 2 N–H and O–H groups in total. The van der Waals surface area contributed by atoms with Crippen LogP contribution in [0, 0.1) is 12.8 Å². The zero-order valence-electron chi connectivity index (χ0n) is 15.5. The van der Waals surface area contributed by atoms with Gasteiger partial charge in [-0.1, -0.05) is 19.9 Å². The lowest BCUT2D eigenvalue weighted by molar-refractivity contribution is 0.549. The molecule has 0 aliphatic carbocycles. The number of rotatable bonds is 8. The Morgan fingerprint density at radius 1 is 1.32 bits per heavy atom. The number of aromatic nitrogens is 3. The summed E-state index contributed by atoms with van der Waals surface area (Å²) in [7, 11) is 1.97. The molecule has 0 fully saturated rings. The fourth-order valence-corrected chi connectivity index (χ4v) is 2.86. The van der Waals surface area contributed by atoms with E-state index in [9.17, 15) is 0 Å². The normalized spacial score (nSPS) is 11.5. The Morgan fingerprint density at radius 3 is 2.72 bits per heavy atom. The van der Waals surface area contributed by atoms with Crippen LogP contribution in [-0.4, -0.2) is 27.3 Å². The van der Waals surface area contributed by atoms with Gasteiger partial charge >= 0.3 is 0 Å². The van der Waals surface area contributed by atoms with Gasteiger partial charge in [-0.25, -0.2) is 4.99 Å². The first-order chi connectivity index (χ1) is 11.6. The molecular formula is C17H29IN6S. The highest BCUT2D eigenvalue weighted by Gasteiger charge is 2.05. The molecule has 8 heteroatoms. The van der Waals surface area contributed by atoms with Gasteiger partial charge in [0.25, 0.3) is 0 Å². The van der Waals surface area contributed by atoms with Crippen molar-refractivity contribution in [3.8, 4) is 0 Å². The average Bonchev–Trinajstić information content (AvgIpc) is 3.17. The molecule has 0 atom stereocenters. The molecule has 2 aromatic heterocycles. The number of nitrogens with one attached hydrogen (secondary N) is 2. The van der Waals surface area contributed by atoms with E-state index < -0.39 is 0 Å². The second-order valence-electron chi connectivity index (χ2n) is 6.28. The van der Waals surface area contributed by atoms with Crippen molar-refractivity contribution < 1.29 is 0 Å². The molecule has 0 unspecified atom stereocenters. The number of hydrogen-bond acceptors (Lipinski definition) is 4. The minimum Gasteiger partial charge on any atom is -0.356 e. The number of hydrogen-bond donors (Lipinski definition) is 2. The smallest absolute Gasteiger partial charge is 0.192 e. The maximum Gasteiger partial charge on any atom is 0.192 e. The molecule has 0 spiro atoms. The molecule has 0 bridgehead atoms. The van der Waals surface area contributed by atoms with Crippen LogP contribution in [0.1, 0.15) is 43.2 Å². The molecular weight excluding hydrogens is 447 g/mol. The van der Waals surface area contributed by atoms with Crippen molar-refractivity contribution in [2.75, 3.05) is 6.54 Å². The van der Waals surface area contributed by atoms with Gasteiger partial charge in [-0.15, -0.1) is 45.5 Å². The number of aliphatic imine (C=N–C) groups is 1. The first-order valence-electron chi connectivity index (χ1n) is 8.45. The first-order valence-corrected chi connectivity index (χ1v) is 9.33. The van der Waals surface area contributed by atoms with Crippen LogP contribution < -0.4 is 10.6 Å². The second kappa shape index (κ2) is 11.5. The highest BCUT2D eigenvalue weighted by Crippen LogP contribution is 2.07. The van der Waals surface area contributed by atoms with Gasteiger partial charge in [0.15, 0.2) is 11.8 Å². The standard InChI is InChI=1S/C17H28N6S.HI/c1-13(2)7-5-9-18-17(19-11-15-8-6-10-24-15)20-12-16-22-21-14(3)23(16)4;/h6,8,10,13H,5,7,9,11-12H2,1-4H3,(H2,18,19,20);1H. The van der Waals surface area contributed by atoms with Gasteiger partial charge in [0.05, 0.1) is 6.54 Å². The Morgan fingerprint density at radius 2 is 2.12 bits per heavy atom. The van der Waals surface area contributed by atoms with Crippen molar-refractivity contribution in [3.05, 3.63) is 34.0 Å². The van der Waals surface area contributed by atoms with E-state index in [-0.39, 0.29) is 24.0 Å². The average molecular weight is 476 g/mol. The lowest BCUT2D eigenvalue weighted by Gasteiger charge is -2.12. The summed E-state index contributed by atoms with van der Waals surface area (Å²) in [5.74, 6) is 3.32. The molecule has 25 heavy (non-hydrogen) atoms. The first kappa shape index (κ1) is 21.9. The van der Waals surface area contributed by atoms with Crippen molar-refractivity contribution in [2.45, 2.75) is 46.7 Å². The molecule has 0 saturated carbocycles. The maximum atomic E-state index is 4.66. The molecule has 140 valence electrons. The summed E-state index contributed by atoms with van der Waals surface area (Å²) in [6.07, 6.45) is 2.36. The zero-order chi connectivity index (χ0) is 17.4. The van der Waals surface area contributed by atoms with E-state index >= 15 is 0 Å². The number of thiophene rings is 1. The largest absolute Gasteiger partial charge is 0.356 e. The molecule has 0 aliphatic rings. The topological polar surface area (TPSA) is 67.1 Å². The van der Waals surface area contributed by atoms with Crippen molar-refractivity contribution in [1.82, 2.24) is 25.4 Å². The van der Waals surface area contributed by atoms with Gasteiger partial charge in [-0.3, -0.25) is 0 Å². The van der Waals surface area contributed by atoms with E-state index in [2.05, 4.69) is 57.2 Å². The second-order valence-corrected chi connectivity index (χ2v) is 7.32. The number of halogens is 1. The summed E-state index contributed by atoms with van der Waals surface area (Å²) in [6.45, 7) is 8.67. The van der Waals surface area contributed by atoms with E-state index in [1.165, 1.54) is 11.3 Å². The fraction of sp³-hybridized carbons (Fsp3) is 0.588. The van der Waals surface area contributed by atoms with Crippen LogP contribution in [0.3, 0.4) is 0 Å². The van der Waals surface area contributed by atoms with Gasteiger partial charge in [-0.05, 0) is 37.1 Å². The zero-order valence-corrected chi connectivity index (χ0v) is 18.6. The monoisotopic (exact) mass is 476 g/mol. The van der Waals surface area contributed by atoms with Gasteiger partial charge in [0.2, 0.25) is 0 Å². The summed E-state index contributed by atoms with van der Waals surface area (Å²) < 4.78 is 1.97. The lowest BCUT2D eigenvalue weighted by Crippen LogP contribution is -2.37. The molecule has 0 aliphatic heterocycles. The number of aryl methyl sites for hydroxylation is 1. The molecule has 0 radical (unpaired) electrons.